The van der Waals surface area contributed by atoms with E-state index in [2.05, 4.69) is 50.4 Å². The topological polar surface area (TPSA) is 21.3 Å². The van der Waals surface area contributed by atoms with Crippen molar-refractivity contribution in [3.05, 3.63) is 29.8 Å². The van der Waals surface area contributed by atoms with Gasteiger partial charge in [0.1, 0.15) is 5.75 Å². The van der Waals surface area contributed by atoms with Crippen LogP contribution in [0.1, 0.15) is 39.2 Å². The zero-order valence-corrected chi connectivity index (χ0v) is 11.8. The molecule has 0 aromatic heterocycles. The number of nitrogens with one attached hydrogen (secondary N) is 1. The van der Waals surface area contributed by atoms with Crippen molar-refractivity contribution in [2.45, 2.75) is 40.2 Å². The number of hydrogen-bond acceptors (Lipinski definition) is 2. The second-order valence-electron chi connectivity index (χ2n) is 6.01. The van der Waals surface area contributed by atoms with E-state index >= 15 is 0 Å². The number of benzene rings is 1. The van der Waals surface area contributed by atoms with Gasteiger partial charge in [-0.05, 0) is 48.4 Å². The normalized spacial score (nSPS) is 20.7. The van der Waals surface area contributed by atoms with E-state index in [1.807, 2.05) is 0 Å². The standard InChI is InChI=1S/C16H25NO/c1-4-9-18-15-7-5-13(6-8-15)11-17-12-14-10-16(14,2)3/h5-8,14,17H,4,9-12H2,1-3H3. The quantitative estimate of drug-likeness (QED) is 0.794. The Morgan fingerprint density at radius 1 is 1.28 bits per heavy atom. The molecule has 100 valence electrons. The first-order chi connectivity index (χ1) is 8.62. The van der Waals surface area contributed by atoms with E-state index in [9.17, 15) is 0 Å². The summed E-state index contributed by atoms with van der Waals surface area (Å²) >= 11 is 0. The average Bonchev–Trinajstić information content (AvgIpc) is 2.96. The molecule has 1 N–H and O–H groups in total. The summed E-state index contributed by atoms with van der Waals surface area (Å²) in [5, 5.41) is 3.54. The lowest BCUT2D eigenvalue weighted by Crippen LogP contribution is -2.18. The van der Waals surface area contributed by atoms with Crippen LogP contribution in [0.25, 0.3) is 0 Å². The van der Waals surface area contributed by atoms with Gasteiger partial charge < -0.3 is 10.1 Å². The molecule has 1 aromatic rings. The van der Waals surface area contributed by atoms with Crippen molar-refractivity contribution in [1.82, 2.24) is 5.32 Å². The molecule has 1 aromatic carbocycles. The summed E-state index contributed by atoms with van der Waals surface area (Å²) in [7, 11) is 0. The van der Waals surface area contributed by atoms with Gasteiger partial charge in [-0.3, -0.25) is 0 Å². The molecule has 2 rings (SSSR count). The molecule has 1 unspecified atom stereocenters. The molecule has 1 aliphatic carbocycles. The molecule has 18 heavy (non-hydrogen) atoms. The Labute approximate surface area is 111 Å². The Hall–Kier alpha value is -1.02. The van der Waals surface area contributed by atoms with Crippen LogP contribution in [0.5, 0.6) is 5.75 Å². The number of rotatable bonds is 7. The molecule has 0 saturated heterocycles. The predicted octanol–water partition coefficient (Wildman–Crippen LogP) is 3.61. The highest BCUT2D eigenvalue weighted by Crippen LogP contribution is 2.50. The Balaban J connectivity index is 1.70. The molecule has 0 amide bonds. The molecular formula is C16H25NO. The minimum atomic E-state index is 0.574. The molecule has 0 radical (unpaired) electrons. The second-order valence-corrected chi connectivity index (χ2v) is 6.01. The average molecular weight is 247 g/mol. The van der Waals surface area contributed by atoms with Crippen LogP contribution >= 0.6 is 0 Å². The fourth-order valence-electron chi connectivity index (χ4n) is 2.24. The van der Waals surface area contributed by atoms with Gasteiger partial charge in [0, 0.05) is 6.54 Å². The van der Waals surface area contributed by atoms with Crippen molar-refractivity contribution >= 4 is 0 Å². The van der Waals surface area contributed by atoms with Crippen LogP contribution in [-0.4, -0.2) is 13.2 Å². The van der Waals surface area contributed by atoms with Gasteiger partial charge in [0.2, 0.25) is 0 Å². The fourth-order valence-corrected chi connectivity index (χ4v) is 2.24. The van der Waals surface area contributed by atoms with E-state index in [0.29, 0.717) is 5.41 Å². The number of ether oxygens (including phenoxy) is 1. The van der Waals surface area contributed by atoms with Gasteiger partial charge in [0.05, 0.1) is 6.61 Å². The molecule has 1 fully saturated rings. The number of hydrogen-bond donors (Lipinski definition) is 1. The Morgan fingerprint density at radius 2 is 1.94 bits per heavy atom. The second kappa shape index (κ2) is 5.75. The van der Waals surface area contributed by atoms with Crippen LogP contribution in [0.15, 0.2) is 24.3 Å². The van der Waals surface area contributed by atoms with Crippen molar-refractivity contribution in [3.8, 4) is 5.75 Å². The zero-order chi connectivity index (χ0) is 13.0. The highest BCUT2D eigenvalue weighted by Gasteiger charge is 2.44. The Morgan fingerprint density at radius 3 is 2.50 bits per heavy atom. The van der Waals surface area contributed by atoms with Gasteiger partial charge in [-0.25, -0.2) is 0 Å². The molecule has 1 aliphatic rings. The summed E-state index contributed by atoms with van der Waals surface area (Å²) in [5.41, 5.74) is 1.91. The molecule has 2 heteroatoms. The van der Waals surface area contributed by atoms with Crippen LogP contribution in [0, 0.1) is 11.3 Å². The first-order valence-corrected chi connectivity index (χ1v) is 7.04. The molecule has 0 spiro atoms. The third-order valence-corrected chi connectivity index (χ3v) is 3.83. The Kier molecular flexibility index (Phi) is 4.28. The summed E-state index contributed by atoms with van der Waals surface area (Å²) in [6.07, 6.45) is 2.42. The van der Waals surface area contributed by atoms with E-state index in [0.717, 1.165) is 37.8 Å². The maximum Gasteiger partial charge on any atom is 0.119 e. The maximum absolute atomic E-state index is 5.57. The van der Waals surface area contributed by atoms with Gasteiger partial charge in [0.25, 0.3) is 0 Å². The van der Waals surface area contributed by atoms with Gasteiger partial charge in [-0.1, -0.05) is 32.9 Å². The van der Waals surface area contributed by atoms with Crippen molar-refractivity contribution in [2.24, 2.45) is 11.3 Å². The highest BCUT2D eigenvalue weighted by atomic mass is 16.5. The smallest absolute Gasteiger partial charge is 0.119 e. The SMILES string of the molecule is CCCOc1ccc(CNCC2CC2(C)C)cc1. The van der Waals surface area contributed by atoms with Gasteiger partial charge in [-0.2, -0.15) is 0 Å². The summed E-state index contributed by atoms with van der Waals surface area (Å²) in [6, 6.07) is 8.42. The van der Waals surface area contributed by atoms with Crippen molar-refractivity contribution < 1.29 is 4.74 Å². The molecule has 2 nitrogen and oxygen atoms in total. The first-order valence-electron chi connectivity index (χ1n) is 7.04. The third kappa shape index (κ3) is 3.74. The summed E-state index contributed by atoms with van der Waals surface area (Å²) < 4.78 is 5.57. The van der Waals surface area contributed by atoms with E-state index in [1.165, 1.54) is 12.0 Å². The van der Waals surface area contributed by atoms with Crippen LogP contribution in [0.2, 0.25) is 0 Å². The van der Waals surface area contributed by atoms with Crippen LogP contribution < -0.4 is 10.1 Å². The highest BCUT2D eigenvalue weighted by molar-refractivity contribution is 5.27. The van der Waals surface area contributed by atoms with E-state index in [1.54, 1.807) is 0 Å². The molecule has 0 aliphatic heterocycles. The van der Waals surface area contributed by atoms with Gasteiger partial charge in [0.15, 0.2) is 0 Å². The minimum absolute atomic E-state index is 0.574. The molecule has 0 heterocycles. The molecule has 1 atom stereocenters. The van der Waals surface area contributed by atoms with Crippen LogP contribution in [0.3, 0.4) is 0 Å². The van der Waals surface area contributed by atoms with Crippen molar-refractivity contribution in [3.63, 3.8) is 0 Å². The zero-order valence-electron chi connectivity index (χ0n) is 11.8. The summed E-state index contributed by atoms with van der Waals surface area (Å²) in [6.45, 7) is 9.71. The molecular weight excluding hydrogens is 222 g/mol. The van der Waals surface area contributed by atoms with Crippen molar-refractivity contribution in [1.29, 1.82) is 0 Å². The summed E-state index contributed by atoms with van der Waals surface area (Å²) in [4.78, 5) is 0. The van der Waals surface area contributed by atoms with E-state index < -0.39 is 0 Å². The van der Waals surface area contributed by atoms with Crippen LogP contribution in [0.4, 0.5) is 0 Å². The predicted molar refractivity (Wildman–Crippen MR) is 75.8 cm³/mol. The van der Waals surface area contributed by atoms with E-state index in [4.69, 9.17) is 4.74 Å². The first kappa shape index (κ1) is 13.4. The third-order valence-electron chi connectivity index (χ3n) is 3.83. The van der Waals surface area contributed by atoms with Crippen LogP contribution in [-0.2, 0) is 6.54 Å². The lowest BCUT2D eigenvalue weighted by Gasteiger charge is -2.08. The van der Waals surface area contributed by atoms with Gasteiger partial charge >= 0.3 is 0 Å². The maximum atomic E-state index is 5.57. The molecule has 0 bridgehead atoms. The monoisotopic (exact) mass is 247 g/mol. The summed E-state index contributed by atoms with van der Waals surface area (Å²) in [5.74, 6) is 1.84. The Bertz CT molecular complexity index is 369. The largest absolute Gasteiger partial charge is 0.494 e. The minimum Gasteiger partial charge on any atom is -0.494 e. The lowest BCUT2D eigenvalue weighted by molar-refractivity contribution is 0.317. The van der Waals surface area contributed by atoms with Crippen molar-refractivity contribution in [2.75, 3.05) is 13.2 Å². The fraction of sp³-hybridized carbons (Fsp3) is 0.625. The van der Waals surface area contributed by atoms with E-state index in [-0.39, 0.29) is 0 Å². The lowest BCUT2D eigenvalue weighted by atomic mass is 10.1. The molecule has 1 saturated carbocycles. The van der Waals surface area contributed by atoms with Gasteiger partial charge in [-0.15, -0.1) is 0 Å².